The Kier molecular flexibility index (Phi) is 3.44. The fraction of sp³-hybridized carbons (Fsp3) is 0.273. The van der Waals surface area contributed by atoms with Crippen LogP contribution in [-0.4, -0.2) is 20.8 Å². The van der Waals surface area contributed by atoms with E-state index in [4.69, 9.17) is 8.56 Å². The van der Waals surface area contributed by atoms with Crippen LogP contribution in [0, 0.1) is 0 Å². The summed E-state index contributed by atoms with van der Waals surface area (Å²) in [5.41, 5.74) is 2.02. The molecule has 1 aromatic carbocycles. The van der Waals surface area contributed by atoms with Crippen molar-refractivity contribution in [1.29, 1.82) is 0 Å². The van der Waals surface area contributed by atoms with Gasteiger partial charge in [0.2, 0.25) is 0 Å². The first-order valence-corrected chi connectivity index (χ1v) is 6.93. The third-order valence-electron chi connectivity index (χ3n) is 2.16. The molecule has 0 spiro atoms. The third kappa shape index (κ3) is 2.24. The van der Waals surface area contributed by atoms with Crippen molar-refractivity contribution in [2.75, 3.05) is 6.61 Å². The number of hydrogen-bond donors (Lipinski definition) is 0. The zero-order chi connectivity index (χ0) is 10.7. The van der Waals surface area contributed by atoms with Gasteiger partial charge in [-0.15, -0.1) is 0 Å². The van der Waals surface area contributed by atoms with Crippen molar-refractivity contribution in [3.05, 3.63) is 42.0 Å². The Morgan fingerprint density at radius 2 is 2.47 bits per heavy atom. The topological polar surface area (TPSA) is 35.5 Å². The van der Waals surface area contributed by atoms with Gasteiger partial charge in [0, 0.05) is 0 Å². The van der Waals surface area contributed by atoms with Crippen LogP contribution in [0.3, 0.4) is 0 Å². The van der Waals surface area contributed by atoms with Crippen molar-refractivity contribution in [3.8, 4) is 0 Å². The Balaban J connectivity index is 2.21. The number of benzene rings is 1. The van der Waals surface area contributed by atoms with Crippen LogP contribution in [-0.2, 0) is 25.6 Å². The number of rotatable bonds is 4. The summed E-state index contributed by atoms with van der Waals surface area (Å²) in [6.45, 7) is 5.03. The van der Waals surface area contributed by atoms with Crippen molar-refractivity contribution in [2.45, 2.75) is 13.2 Å². The maximum atomic E-state index is 11.6. The standard InChI is InChI=1S/C11H12O3Se/c1-2-6-13-7-9-4-3-5-10-8-14-15(12)11(9)10/h2-5H,1,6-8H2. The molecule has 0 saturated carbocycles. The molecule has 0 radical (unpaired) electrons. The molecule has 1 heterocycles. The number of fused-ring (bicyclic) bond motifs is 1. The van der Waals surface area contributed by atoms with Crippen LogP contribution in [0.4, 0.5) is 0 Å². The fourth-order valence-electron chi connectivity index (χ4n) is 1.51. The molecular weight excluding hydrogens is 259 g/mol. The molecule has 0 aliphatic carbocycles. The predicted molar refractivity (Wildman–Crippen MR) is 57.2 cm³/mol. The van der Waals surface area contributed by atoms with Crippen LogP contribution >= 0.6 is 0 Å². The van der Waals surface area contributed by atoms with Gasteiger partial charge in [-0.25, -0.2) is 0 Å². The molecule has 1 aliphatic heterocycles. The second-order valence-corrected chi connectivity index (χ2v) is 5.54. The summed E-state index contributed by atoms with van der Waals surface area (Å²) in [5.74, 6) is 0. The van der Waals surface area contributed by atoms with Crippen molar-refractivity contribution < 1.29 is 12.4 Å². The molecule has 1 atom stereocenters. The van der Waals surface area contributed by atoms with Gasteiger partial charge in [-0.3, -0.25) is 0 Å². The summed E-state index contributed by atoms with van der Waals surface area (Å²) in [6, 6.07) is 5.83. The van der Waals surface area contributed by atoms with Gasteiger partial charge in [-0.2, -0.15) is 0 Å². The Labute approximate surface area is 93.1 Å². The van der Waals surface area contributed by atoms with E-state index >= 15 is 0 Å². The zero-order valence-electron chi connectivity index (χ0n) is 8.27. The molecule has 0 N–H and O–H groups in total. The van der Waals surface area contributed by atoms with Gasteiger partial charge in [-0.05, 0) is 0 Å². The first kappa shape index (κ1) is 10.7. The minimum atomic E-state index is -2.26. The SMILES string of the molecule is C=CCOCc1cccc2c1[Se](=O)OC2. The first-order chi connectivity index (χ1) is 7.33. The van der Waals surface area contributed by atoms with Crippen molar-refractivity contribution in [2.24, 2.45) is 0 Å². The molecule has 1 aromatic rings. The average molecular weight is 271 g/mol. The van der Waals surface area contributed by atoms with E-state index in [-0.39, 0.29) is 0 Å². The van der Waals surface area contributed by atoms with Gasteiger partial charge in [0.1, 0.15) is 0 Å². The van der Waals surface area contributed by atoms with Crippen LogP contribution in [0.25, 0.3) is 0 Å². The van der Waals surface area contributed by atoms with Crippen molar-refractivity contribution in [3.63, 3.8) is 0 Å². The van der Waals surface area contributed by atoms with E-state index in [0.717, 1.165) is 15.6 Å². The van der Waals surface area contributed by atoms with Gasteiger partial charge >= 0.3 is 92.8 Å². The van der Waals surface area contributed by atoms with Crippen LogP contribution in [0.1, 0.15) is 11.1 Å². The summed E-state index contributed by atoms with van der Waals surface area (Å²) in [5, 5.41) is 0. The maximum absolute atomic E-state index is 11.6. The van der Waals surface area contributed by atoms with Gasteiger partial charge < -0.3 is 0 Å². The third-order valence-corrected chi connectivity index (χ3v) is 4.66. The Morgan fingerprint density at radius 1 is 1.60 bits per heavy atom. The second kappa shape index (κ2) is 4.81. The van der Waals surface area contributed by atoms with Crippen LogP contribution in [0.5, 0.6) is 0 Å². The van der Waals surface area contributed by atoms with Gasteiger partial charge in [0.25, 0.3) is 0 Å². The van der Waals surface area contributed by atoms with E-state index in [9.17, 15) is 3.83 Å². The van der Waals surface area contributed by atoms with E-state index in [1.165, 1.54) is 0 Å². The van der Waals surface area contributed by atoms with Crippen LogP contribution in [0.15, 0.2) is 30.9 Å². The molecule has 0 aromatic heterocycles. The summed E-state index contributed by atoms with van der Waals surface area (Å²) >= 11 is -2.26. The van der Waals surface area contributed by atoms with Crippen LogP contribution in [0.2, 0.25) is 0 Å². The molecule has 0 saturated heterocycles. The fourth-order valence-corrected chi connectivity index (χ4v) is 3.68. The van der Waals surface area contributed by atoms with Crippen LogP contribution < -0.4 is 4.46 Å². The minimum absolute atomic E-state index is 0.471. The summed E-state index contributed by atoms with van der Waals surface area (Å²) in [6.07, 6.45) is 1.70. The molecule has 1 unspecified atom stereocenters. The number of ether oxygens (including phenoxy) is 1. The van der Waals surface area contributed by atoms with E-state index in [2.05, 4.69) is 6.58 Å². The van der Waals surface area contributed by atoms with Gasteiger partial charge in [-0.1, -0.05) is 0 Å². The quantitative estimate of drug-likeness (QED) is 0.466. The molecule has 2 rings (SSSR count). The van der Waals surface area contributed by atoms with Gasteiger partial charge in [0.15, 0.2) is 0 Å². The molecule has 4 heteroatoms. The number of hydrogen-bond acceptors (Lipinski definition) is 3. The van der Waals surface area contributed by atoms with E-state index in [1.54, 1.807) is 6.08 Å². The first-order valence-electron chi connectivity index (χ1n) is 4.67. The average Bonchev–Trinajstić information content (AvgIpc) is 2.62. The Morgan fingerprint density at radius 3 is 3.27 bits per heavy atom. The summed E-state index contributed by atoms with van der Waals surface area (Å²) in [7, 11) is 0. The summed E-state index contributed by atoms with van der Waals surface area (Å²) < 4.78 is 23.0. The van der Waals surface area contributed by atoms with E-state index in [1.807, 2.05) is 18.2 Å². The second-order valence-electron chi connectivity index (χ2n) is 3.21. The zero-order valence-corrected chi connectivity index (χ0v) is 9.98. The molecular formula is C11H12O3Se. The van der Waals surface area contributed by atoms with Crippen molar-refractivity contribution in [1.82, 2.24) is 0 Å². The summed E-state index contributed by atoms with van der Waals surface area (Å²) in [4.78, 5) is 0. The van der Waals surface area contributed by atoms with Crippen molar-refractivity contribution >= 4 is 18.6 Å². The Bertz CT molecular complexity index is 401. The monoisotopic (exact) mass is 272 g/mol. The molecule has 15 heavy (non-hydrogen) atoms. The molecule has 3 nitrogen and oxygen atoms in total. The van der Waals surface area contributed by atoms with E-state index < -0.39 is 14.2 Å². The van der Waals surface area contributed by atoms with Gasteiger partial charge in [0.05, 0.1) is 0 Å². The van der Waals surface area contributed by atoms with E-state index in [0.29, 0.717) is 19.8 Å². The predicted octanol–water partition coefficient (Wildman–Crippen LogP) is 1.05. The normalized spacial score (nSPS) is 18.8. The molecule has 80 valence electrons. The molecule has 0 amide bonds. The molecule has 0 fully saturated rings. The molecule has 1 aliphatic rings. The molecule has 0 bridgehead atoms. The Hall–Kier alpha value is -0.801.